The first-order valence-electron chi connectivity index (χ1n) is 4.26. The molecule has 6 heteroatoms. The van der Waals surface area contributed by atoms with Gasteiger partial charge < -0.3 is 5.73 Å². The minimum atomic E-state index is -3.19. The maximum absolute atomic E-state index is 10.8. The second-order valence-corrected chi connectivity index (χ2v) is 5.04. The monoisotopic (exact) mass is 227 g/mol. The molecule has 0 saturated heterocycles. The van der Waals surface area contributed by atoms with E-state index in [4.69, 9.17) is 11.1 Å². The molecule has 0 unspecified atom stereocenters. The molecule has 0 aliphatic carbocycles. The lowest BCUT2D eigenvalue weighted by molar-refractivity contribution is 0.587. The molecule has 0 aliphatic heterocycles. The van der Waals surface area contributed by atoms with E-state index in [0.717, 1.165) is 11.8 Å². The smallest absolute Gasteiger partial charge is 0.209 e. The van der Waals surface area contributed by atoms with Gasteiger partial charge in [-0.25, -0.2) is 13.1 Å². The summed E-state index contributed by atoms with van der Waals surface area (Å²) in [5.41, 5.74) is 6.67. The van der Waals surface area contributed by atoms with Crippen LogP contribution in [0.25, 0.3) is 0 Å². The van der Waals surface area contributed by atoms with Crippen LogP contribution in [0.2, 0.25) is 0 Å². The molecule has 0 bridgehead atoms. The van der Waals surface area contributed by atoms with Gasteiger partial charge in [0.25, 0.3) is 0 Å². The number of nitrogen functional groups attached to an aromatic ring is 1. The van der Waals surface area contributed by atoms with E-state index in [0.29, 0.717) is 5.56 Å². The van der Waals surface area contributed by atoms with Gasteiger partial charge in [0.2, 0.25) is 10.0 Å². The molecule has 0 aromatic heterocycles. The molecular weight excluding hydrogens is 214 g/mol. The van der Waals surface area contributed by atoms with Gasteiger partial charge in [-0.05, 0) is 11.6 Å². The fraction of sp³-hybridized carbons (Fsp3) is 0.222. The highest BCUT2D eigenvalue weighted by molar-refractivity contribution is 7.88. The van der Waals surface area contributed by atoms with Crippen LogP contribution in [-0.4, -0.2) is 20.5 Å². The number of hydrogen-bond acceptors (Lipinski definition) is 3. The van der Waals surface area contributed by atoms with Crippen LogP contribution in [-0.2, 0) is 16.6 Å². The molecule has 0 atom stereocenters. The Kier molecular flexibility index (Phi) is 3.43. The standard InChI is InChI=1S/C9H13N3O2S/c1-15(13,14)12-6-7-3-2-4-8(5-7)9(10)11/h2-5,12H,6H2,1H3,(H3,10,11). The Bertz CT molecular complexity index is 468. The Balaban J connectivity index is 2.79. The molecular formula is C9H13N3O2S. The van der Waals surface area contributed by atoms with Crippen molar-refractivity contribution < 1.29 is 8.42 Å². The molecule has 0 heterocycles. The Morgan fingerprint density at radius 1 is 1.53 bits per heavy atom. The molecule has 1 aromatic rings. The molecule has 1 aromatic carbocycles. The fourth-order valence-electron chi connectivity index (χ4n) is 1.06. The third-order valence-corrected chi connectivity index (χ3v) is 2.45. The normalized spacial score (nSPS) is 11.3. The Morgan fingerprint density at radius 2 is 2.20 bits per heavy atom. The zero-order valence-electron chi connectivity index (χ0n) is 8.32. The number of benzene rings is 1. The van der Waals surface area contributed by atoms with E-state index in [9.17, 15) is 8.42 Å². The third kappa shape index (κ3) is 4.09. The highest BCUT2D eigenvalue weighted by Gasteiger charge is 2.02. The summed E-state index contributed by atoms with van der Waals surface area (Å²) in [4.78, 5) is 0. The van der Waals surface area contributed by atoms with Gasteiger partial charge in [-0.1, -0.05) is 18.2 Å². The predicted molar refractivity (Wildman–Crippen MR) is 59.1 cm³/mol. The summed E-state index contributed by atoms with van der Waals surface area (Å²) >= 11 is 0. The summed E-state index contributed by atoms with van der Waals surface area (Å²) < 4.78 is 24.1. The first kappa shape index (κ1) is 11.7. The molecule has 0 spiro atoms. The van der Waals surface area contributed by atoms with Gasteiger partial charge in [-0.3, -0.25) is 5.41 Å². The molecule has 0 fully saturated rings. The summed E-state index contributed by atoms with van der Waals surface area (Å²) in [6, 6.07) is 6.88. The number of nitrogens with one attached hydrogen (secondary N) is 2. The first-order valence-corrected chi connectivity index (χ1v) is 6.15. The largest absolute Gasteiger partial charge is 0.384 e. The van der Waals surface area contributed by atoms with E-state index >= 15 is 0 Å². The van der Waals surface area contributed by atoms with Crippen molar-refractivity contribution in [3.63, 3.8) is 0 Å². The van der Waals surface area contributed by atoms with E-state index in [1.54, 1.807) is 24.3 Å². The van der Waals surface area contributed by atoms with Gasteiger partial charge in [0.05, 0.1) is 6.26 Å². The average Bonchev–Trinajstić information content (AvgIpc) is 2.14. The second-order valence-electron chi connectivity index (χ2n) is 3.21. The lowest BCUT2D eigenvalue weighted by Crippen LogP contribution is -2.21. The molecule has 5 nitrogen and oxygen atoms in total. The predicted octanol–water partition coefficient (Wildman–Crippen LogP) is 0.0199. The van der Waals surface area contributed by atoms with Gasteiger partial charge in [0.1, 0.15) is 5.84 Å². The number of sulfonamides is 1. The second kappa shape index (κ2) is 4.41. The van der Waals surface area contributed by atoms with Crippen LogP contribution in [0.4, 0.5) is 0 Å². The lowest BCUT2D eigenvalue weighted by Gasteiger charge is -2.04. The van der Waals surface area contributed by atoms with Gasteiger partial charge in [0, 0.05) is 12.1 Å². The summed E-state index contributed by atoms with van der Waals surface area (Å²) in [5, 5.41) is 7.23. The van der Waals surface area contributed by atoms with Crippen LogP contribution in [0.15, 0.2) is 24.3 Å². The van der Waals surface area contributed by atoms with Crippen LogP contribution in [0, 0.1) is 5.41 Å². The SMILES string of the molecule is CS(=O)(=O)NCc1cccc(C(=N)N)c1. The number of rotatable bonds is 4. The van der Waals surface area contributed by atoms with Crippen molar-refractivity contribution in [2.45, 2.75) is 6.54 Å². The van der Waals surface area contributed by atoms with Crippen molar-refractivity contribution in [2.75, 3.05) is 6.26 Å². The zero-order chi connectivity index (χ0) is 11.5. The van der Waals surface area contributed by atoms with E-state index in [2.05, 4.69) is 4.72 Å². The van der Waals surface area contributed by atoms with Crippen molar-refractivity contribution >= 4 is 15.9 Å². The van der Waals surface area contributed by atoms with Crippen LogP contribution >= 0.6 is 0 Å². The van der Waals surface area contributed by atoms with Crippen LogP contribution in [0.3, 0.4) is 0 Å². The minimum absolute atomic E-state index is 0.0313. The van der Waals surface area contributed by atoms with Crippen LogP contribution < -0.4 is 10.5 Å². The maximum Gasteiger partial charge on any atom is 0.209 e. The third-order valence-electron chi connectivity index (χ3n) is 1.78. The maximum atomic E-state index is 10.8. The molecule has 0 amide bonds. The molecule has 0 aliphatic rings. The number of nitrogens with two attached hydrogens (primary N) is 1. The van der Waals surface area contributed by atoms with E-state index in [-0.39, 0.29) is 12.4 Å². The summed E-state index contributed by atoms with van der Waals surface area (Å²) in [6.45, 7) is 0.208. The summed E-state index contributed by atoms with van der Waals surface area (Å²) in [7, 11) is -3.19. The molecule has 1 rings (SSSR count). The Labute approximate surface area is 88.9 Å². The van der Waals surface area contributed by atoms with Crippen molar-refractivity contribution in [1.82, 2.24) is 4.72 Å². The van der Waals surface area contributed by atoms with Gasteiger partial charge >= 0.3 is 0 Å². The van der Waals surface area contributed by atoms with Crippen LogP contribution in [0.5, 0.6) is 0 Å². The zero-order valence-corrected chi connectivity index (χ0v) is 9.14. The highest BCUT2D eigenvalue weighted by atomic mass is 32.2. The van der Waals surface area contributed by atoms with Crippen molar-refractivity contribution in [3.8, 4) is 0 Å². The fourth-order valence-corrected chi connectivity index (χ4v) is 1.49. The Morgan fingerprint density at radius 3 is 2.73 bits per heavy atom. The molecule has 0 radical (unpaired) electrons. The first-order chi connectivity index (χ1) is 6.88. The topological polar surface area (TPSA) is 96.0 Å². The highest BCUT2D eigenvalue weighted by Crippen LogP contribution is 2.04. The molecule has 0 saturated carbocycles. The van der Waals surface area contributed by atoms with Crippen molar-refractivity contribution in [3.05, 3.63) is 35.4 Å². The summed E-state index contributed by atoms with van der Waals surface area (Å²) in [5.74, 6) is -0.0313. The quantitative estimate of drug-likeness (QED) is 0.499. The lowest BCUT2D eigenvalue weighted by atomic mass is 10.1. The van der Waals surface area contributed by atoms with Crippen molar-refractivity contribution in [1.29, 1.82) is 5.41 Å². The van der Waals surface area contributed by atoms with Crippen LogP contribution in [0.1, 0.15) is 11.1 Å². The van der Waals surface area contributed by atoms with E-state index < -0.39 is 10.0 Å². The average molecular weight is 227 g/mol. The minimum Gasteiger partial charge on any atom is -0.384 e. The van der Waals surface area contributed by atoms with Gasteiger partial charge in [-0.15, -0.1) is 0 Å². The van der Waals surface area contributed by atoms with Gasteiger partial charge in [0.15, 0.2) is 0 Å². The van der Waals surface area contributed by atoms with E-state index in [1.807, 2.05) is 0 Å². The molecule has 15 heavy (non-hydrogen) atoms. The number of hydrogen-bond donors (Lipinski definition) is 3. The number of amidine groups is 1. The molecule has 4 N–H and O–H groups in total. The van der Waals surface area contributed by atoms with Gasteiger partial charge in [-0.2, -0.15) is 0 Å². The van der Waals surface area contributed by atoms with Crippen molar-refractivity contribution in [2.24, 2.45) is 5.73 Å². The molecule has 82 valence electrons. The van der Waals surface area contributed by atoms with E-state index in [1.165, 1.54) is 0 Å². The Hall–Kier alpha value is -1.40. The summed E-state index contributed by atoms with van der Waals surface area (Å²) in [6.07, 6.45) is 1.10.